The number of carbonyl (C=O) groups is 1. The Labute approximate surface area is 205 Å². The lowest BCUT2D eigenvalue weighted by Gasteiger charge is -2.15. The maximum Gasteiger partial charge on any atom is 0.267 e. The molecule has 1 heterocycles. The van der Waals surface area contributed by atoms with Crippen molar-refractivity contribution in [2.75, 3.05) is 7.11 Å². The first-order valence-corrected chi connectivity index (χ1v) is 11.8. The minimum Gasteiger partial charge on any atom is -0.504 e. The van der Waals surface area contributed by atoms with E-state index in [2.05, 4.69) is 0 Å². The number of carbonyl (C=O) groups excluding carboxylic acids is 1. The molecular formula is C25H21IN2O3S. The predicted octanol–water partition coefficient (Wildman–Crippen LogP) is 6.12. The lowest BCUT2D eigenvalue weighted by molar-refractivity contribution is -0.122. The highest BCUT2D eigenvalue weighted by atomic mass is 127. The van der Waals surface area contributed by atoms with Crippen LogP contribution >= 0.6 is 34.4 Å². The maximum absolute atomic E-state index is 13.3. The van der Waals surface area contributed by atoms with Crippen molar-refractivity contribution in [3.8, 4) is 11.5 Å². The standard InChI is InChI=1S/C25H21IN2O3S/c1-16-8-10-19(11-9-16)27-25-28(15-17-6-4-3-5-7-17)24(30)22(32-25)14-18-12-20(26)23(29)21(13-18)31-2/h3-14,29H,15H2,1-2H3/b22-14+,27-25?. The maximum atomic E-state index is 13.3. The number of nitrogens with zero attached hydrogens (tertiary/aromatic N) is 2. The molecule has 0 atom stereocenters. The lowest BCUT2D eigenvalue weighted by Crippen LogP contribution is -2.28. The molecule has 7 heteroatoms. The van der Waals surface area contributed by atoms with E-state index in [4.69, 9.17) is 9.73 Å². The molecule has 0 radical (unpaired) electrons. The van der Waals surface area contributed by atoms with E-state index in [1.165, 1.54) is 18.9 Å². The van der Waals surface area contributed by atoms with Crippen LogP contribution in [0.3, 0.4) is 0 Å². The van der Waals surface area contributed by atoms with Crippen LogP contribution in [0.5, 0.6) is 11.5 Å². The Kier molecular flexibility index (Phi) is 6.86. The van der Waals surface area contributed by atoms with Gasteiger partial charge in [0.25, 0.3) is 5.91 Å². The summed E-state index contributed by atoms with van der Waals surface area (Å²) in [5.41, 5.74) is 3.75. The second-order valence-electron chi connectivity index (χ2n) is 7.27. The molecule has 1 aliphatic rings. The zero-order valence-electron chi connectivity index (χ0n) is 17.6. The molecule has 0 aliphatic carbocycles. The number of thioether (sulfide) groups is 1. The highest BCUT2D eigenvalue weighted by molar-refractivity contribution is 14.1. The Morgan fingerprint density at radius 2 is 1.84 bits per heavy atom. The number of benzene rings is 3. The molecule has 3 aromatic carbocycles. The number of aliphatic imine (C=N–C) groups is 1. The van der Waals surface area contributed by atoms with Crippen molar-refractivity contribution in [3.63, 3.8) is 0 Å². The third-order valence-electron chi connectivity index (χ3n) is 4.90. The van der Waals surface area contributed by atoms with Crippen molar-refractivity contribution in [3.05, 3.63) is 91.9 Å². The topological polar surface area (TPSA) is 62.1 Å². The highest BCUT2D eigenvalue weighted by Gasteiger charge is 2.33. The number of hydrogen-bond acceptors (Lipinski definition) is 5. The van der Waals surface area contributed by atoms with E-state index in [0.717, 1.165) is 22.4 Å². The first-order valence-electron chi connectivity index (χ1n) is 9.92. The van der Waals surface area contributed by atoms with Crippen LogP contribution in [0.4, 0.5) is 5.69 Å². The van der Waals surface area contributed by atoms with Crippen LogP contribution in [0, 0.1) is 10.5 Å². The molecule has 162 valence electrons. The Balaban J connectivity index is 1.72. The van der Waals surface area contributed by atoms with Crippen LogP contribution < -0.4 is 4.74 Å². The van der Waals surface area contributed by atoms with E-state index in [-0.39, 0.29) is 11.7 Å². The molecular weight excluding hydrogens is 535 g/mol. The number of aryl methyl sites for hydroxylation is 1. The number of halogens is 1. The number of rotatable bonds is 5. The molecule has 1 N–H and O–H groups in total. The minimum absolute atomic E-state index is 0.0907. The first kappa shape index (κ1) is 22.4. The van der Waals surface area contributed by atoms with Crippen molar-refractivity contribution in [1.29, 1.82) is 0 Å². The summed E-state index contributed by atoms with van der Waals surface area (Å²) in [6.45, 7) is 2.46. The summed E-state index contributed by atoms with van der Waals surface area (Å²) >= 11 is 3.39. The Morgan fingerprint density at radius 3 is 2.53 bits per heavy atom. The van der Waals surface area contributed by atoms with E-state index in [9.17, 15) is 9.90 Å². The fourth-order valence-electron chi connectivity index (χ4n) is 3.21. The molecule has 0 bridgehead atoms. The third-order valence-corrected chi connectivity index (χ3v) is 6.73. The summed E-state index contributed by atoms with van der Waals surface area (Å²) in [5.74, 6) is 0.355. The van der Waals surface area contributed by atoms with E-state index in [1.807, 2.05) is 96.3 Å². The highest BCUT2D eigenvalue weighted by Crippen LogP contribution is 2.38. The molecule has 4 rings (SSSR count). The number of methoxy groups -OCH3 is 1. The molecule has 0 spiro atoms. The summed E-state index contributed by atoms with van der Waals surface area (Å²) in [6, 6.07) is 21.3. The van der Waals surface area contributed by atoms with Gasteiger partial charge in [-0.05, 0) is 82.7 Å². The van der Waals surface area contributed by atoms with E-state index in [0.29, 0.717) is 25.9 Å². The van der Waals surface area contributed by atoms with Crippen LogP contribution in [0.1, 0.15) is 16.7 Å². The molecule has 1 fully saturated rings. The largest absolute Gasteiger partial charge is 0.504 e. The number of aromatic hydroxyl groups is 1. The second kappa shape index (κ2) is 9.79. The van der Waals surface area contributed by atoms with Gasteiger partial charge in [-0.25, -0.2) is 4.99 Å². The van der Waals surface area contributed by atoms with Gasteiger partial charge in [0.1, 0.15) is 0 Å². The second-order valence-corrected chi connectivity index (χ2v) is 9.44. The number of amidine groups is 1. The molecule has 1 amide bonds. The van der Waals surface area contributed by atoms with Gasteiger partial charge in [0.15, 0.2) is 16.7 Å². The summed E-state index contributed by atoms with van der Waals surface area (Å²) in [7, 11) is 1.51. The van der Waals surface area contributed by atoms with E-state index in [1.54, 1.807) is 11.0 Å². The fourth-order valence-corrected chi connectivity index (χ4v) is 4.83. The number of ether oxygens (including phenoxy) is 1. The quantitative estimate of drug-likeness (QED) is 0.304. The van der Waals surface area contributed by atoms with Crippen molar-refractivity contribution in [2.45, 2.75) is 13.5 Å². The van der Waals surface area contributed by atoms with Gasteiger partial charge in [-0.3, -0.25) is 9.69 Å². The summed E-state index contributed by atoms with van der Waals surface area (Å²) in [6.07, 6.45) is 1.81. The Morgan fingerprint density at radius 1 is 1.12 bits per heavy atom. The average molecular weight is 556 g/mol. The van der Waals surface area contributed by atoms with Crippen molar-refractivity contribution < 1.29 is 14.6 Å². The summed E-state index contributed by atoms with van der Waals surface area (Å²) in [4.78, 5) is 20.4. The van der Waals surface area contributed by atoms with Crippen molar-refractivity contribution >= 4 is 57.2 Å². The molecule has 3 aromatic rings. The monoisotopic (exact) mass is 556 g/mol. The van der Waals surface area contributed by atoms with Gasteiger partial charge >= 0.3 is 0 Å². The minimum atomic E-state index is -0.105. The number of phenolic OH excluding ortho intramolecular Hbond substituents is 1. The normalized spacial score (nSPS) is 16.2. The zero-order valence-corrected chi connectivity index (χ0v) is 20.6. The predicted molar refractivity (Wildman–Crippen MR) is 138 cm³/mol. The first-order chi connectivity index (χ1) is 15.4. The lowest BCUT2D eigenvalue weighted by atomic mass is 10.1. The van der Waals surface area contributed by atoms with Gasteiger partial charge in [-0.2, -0.15) is 0 Å². The molecule has 0 unspecified atom stereocenters. The Hall–Kier alpha value is -2.78. The van der Waals surface area contributed by atoms with Crippen LogP contribution in [-0.4, -0.2) is 28.2 Å². The van der Waals surface area contributed by atoms with Gasteiger partial charge < -0.3 is 9.84 Å². The molecule has 32 heavy (non-hydrogen) atoms. The summed E-state index contributed by atoms with van der Waals surface area (Å²) < 4.78 is 5.91. The number of phenols is 1. The fraction of sp³-hybridized carbons (Fsp3) is 0.120. The average Bonchev–Trinajstić information content (AvgIpc) is 3.07. The van der Waals surface area contributed by atoms with Crippen molar-refractivity contribution in [1.82, 2.24) is 4.90 Å². The smallest absolute Gasteiger partial charge is 0.267 e. The number of amides is 1. The van der Waals surface area contributed by atoms with Crippen LogP contribution in [0.15, 0.2) is 76.6 Å². The number of hydrogen-bond donors (Lipinski definition) is 1. The SMILES string of the molecule is COc1cc(/C=C2/SC(=Nc3ccc(C)cc3)N(Cc3ccccc3)C2=O)cc(I)c1O. The van der Waals surface area contributed by atoms with Gasteiger partial charge in [0.2, 0.25) is 0 Å². The summed E-state index contributed by atoms with van der Waals surface area (Å²) in [5, 5.41) is 10.7. The molecule has 1 aliphatic heterocycles. The van der Waals surface area contributed by atoms with E-state index >= 15 is 0 Å². The van der Waals surface area contributed by atoms with E-state index < -0.39 is 0 Å². The van der Waals surface area contributed by atoms with Gasteiger partial charge in [0, 0.05) is 0 Å². The molecule has 5 nitrogen and oxygen atoms in total. The molecule has 1 saturated heterocycles. The van der Waals surface area contributed by atoms with Gasteiger partial charge in [-0.15, -0.1) is 0 Å². The third kappa shape index (κ3) is 4.99. The Bertz CT molecular complexity index is 1210. The molecule has 0 saturated carbocycles. The van der Waals surface area contributed by atoms with Crippen LogP contribution in [0.2, 0.25) is 0 Å². The van der Waals surface area contributed by atoms with Crippen LogP contribution in [-0.2, 0) is 11.3 Å². The zero-order chi connectivity index (χ0) is 22.7. The van der Waals surface area contributed by atoms with Gasteiger partial charge in [-0.1, -0.05) is 48.0 Å². The van der Waals surface area contributed by atoms with Gasteiger partial charge in [0.05, 0.1) is 27.8 Å². The van der Waals surface area contributed by atoms with Crippen LogP contribution in [0.25, 0.3) is 6.08 Å². The van der Waals surface area contributed by atoms with Crippen molar-refractivity contribution in [2.24, 2.45) is 4.99 Å². The molecule has 0 aromatic heterocycles.